The van der Waals surface area contributed by atoms with E-state index in [1.54, 1.807) is 0 Å². The molecule has 0 aliphatic rings. The van der Waals surface area contributed by atoms with E-state index in [4.69, 9.17) is 14.4 Å². The van der Waals surface area contributed by atoms with Crippen molar-refractivity contribution in [1.82, 2.24) is 4.98 Å². The minimum Gasteiger partial charge on any atom is -0.493 e. The number of aromatic nitrogens is 1. The van der Waals surface area contributed by atoms with Crippen LogP contribution in [0.3, 0.4) is 0 Å². The predicted molar refractivity (Wildman–Crippen MR) is 70.9 cm³/mol. The van der Waals surface area contributed by atoms with Crippen LogP contribution in [0.1, 0.15) is 22.9 Å². The molecule has 0 saturated heterocycles. The van der Waals surface area contributed by atoms with Crippen molar-refractivity contribution in [2.75, 3.05) is 6.61 Å². The number of nitriles is 1. The quantitative estimate of drug-likeness (QED) is 0.825. The first-order valence-electron chi connectivity index (χ1n) is 6.21. The highest BCUT2D eigenvalue weighted by Crippen LogP contribution is 2.17. The van der Waals surface area contributed by atoms with Gasteiger partial charge in [-0.3, -0.25) is 0 Å². The first kappa shape index (κ1) is 13.2. The molecule has 1 aromatic carbocycles. The van der Waals surface area contributed by atoms with Gasteiger partial charge < -0.3 is 9.15 Å². The molecule has 0 unspecified atom stereocenters. The lowest BCUT2D eigenvalue weighted by Gasteiger charge is -2.07. The van der Waals surface area contributed by atoms with Crippen molar-refractivity contribution in [3.8, 4) is 11.8 Å². The zero-order valence-corrected chi connectivity index (χ0v) is 11.1. The molecule has 0 amide bonds. The molecule has 19 heavy (non-hydrogen) atoms. The van der Waals surface area contributed by atoms with Crippen LogP contribution in [0.2, 0.25) is 0 Å². The predicted octanol–water partition coefficient (Wildman–Crippen LogP) is 2.98. The van der Waals surface area contributed by atoms with Gasteiger partial charge in [0, 0.05) is 0 Å². The van der Waals surface area contributed by atoms with E-state index in [1.165, 1.54) is 0 Å². The molecule has 1 heterocycles. The third-order valence-corrected chi connectivity index (χ3v) is 2.85. The summed E-state index contributed by atoms with van der Waals surface area (Å²) in [5, 5.41) is 8.65. The number of ether oxygens (including phenoxy) is 1. The Balaban J connectivity index is 1.91. The van der Waals surface area contributed by atoms with Gasteiger partial charge in [-0.05, 0) is 25.5 Å². The second-order valence-electron chi connectivity index (χ2n) is 4.31. The van der Waals surface area contributed by atoms with Gasteiger partial charge in [0.25, 0.3) is 0 Å². The zero-order valence-electron chi connectivity index (χ0n) is 11.1. The van der Waals surface area contributed by atoms with Crippen molar-refractivity contribution < 1.29 is 9.15 Å². The maximum atomic E-state index is 8.65. The topological polar surface area (TPSA) is 59.0 Å². The standard InChI is InChI=1S/C15H16N2O2/c1-11-5-3-4-6-14(11)18-10-8-15-17-13(7-9-16)12(2)19-15/h3-6H,7-8,10H2,1-2H3. The SMILES string of the molecule is Cc1ccccc1OCCc1nc(CC#N)c(C)o1. The highest BCUT2D eigenvalue weighted by molar-refractivity contribution is 5.31. The van der Waals surface area contributed by atoms with E-state index < -0.39 is 0 Å². The Hall–Kier alpha value is -2.28. The summed E-state index contributed by atoms with van der Waals surface area (Å²) in [4.78, 5) is 4.28. The van der Waals surface area contributed by atoms with Gasteiger partial charge in [0.1, 0.15) is 11.5 Å². The fourth-order valence-corrected chi connectivity index (χ4v) is 1.80. The molecule has 0 atom stereocenters. The maximum Gasteiger partial charge on any atom is 0.198 e. The van der Waals surface area contributed by atoms with Gasteiger partial charge in [-0.15, -0.1) is 0 Å². The van der Waals surface area contributed by atoms with E-state index in [0.29, 0.717) is 30.4 Å². The van der Waals surface area contributed by atoms with E-state index in [9.17, 15) is 0 Å². The molecule has 2 rings (SSSR count). The van der Waals surface area contributed by atoms with Gasteiger partial charge in [0.05, 0.1) is 31.2 Å². The molecule has 0 fully saturated rings. The monoisotopic (exact) mass is 256 g/mol. The Labute approximate surface area is 112 Å². The lowest BCUT2D eigenvalue weighted by atomic mass is 10.2. The van der Waals surface area contributed by atoms with Crippen LogP contribution in [0.25, 0.3) is 0 Å². The molecule has 0 N–H and O–H groups in total. The van der Waals surface area contributed by atoms with Gasteiger partial charge in [0.2, 0.25) is 0 Å². The van der Waals surface area contributed by atoms with Crippen molar-refractivity contribution >= 4 is 0 Å². The van der Waals surface area contributed by atoms with Gasteiger partial charge in [0.15, 0.2) is 5.89 Å². The van der Waals surface area contributed by atoms with Crippen LogP contribution in [0.15, 0.2) is 28.7 Å². The average molecular weight is 256 g/mol. The second kappa shape index (κ2) is 6.05. The smallest absolute Gasteiger partial charge is 0.198 e. The fraction of sp³-hybridized carbons (Fsp3) is 0.333. The molecule has 0 saturated carbocycles. The summed E-state index contributed by atoms with van der Waals surface area (Å²) in [5.74, 6) is 2.21. The number of hydrogen-bond acceptors (Lipinski definition) is 4. The summed E-state index contributed by atoms with van der Waals surface area (Å²) in [7, 11) is 0. The van der Waals surface area contributed by atoms with Crippen LogP contribution >= 0.6 is 0 Å². The van der Waals surface area contributed by atoms with Crippen LogP contribution in [0.5, 0.6) is 5.75 Å². The molecule has 0 radical (unpaired) electrons. The molecular weight excluding hydrogens is 240 g/mol. The molecule has 0 bridgehead atoms. The zero-order chi connectivity index (χ0) is 13.7. The van der Waals surface area contributed by atoms with Crippen molar-refractivity contribution in [1.29, 1.82) is 5.26 Å². The molecule has 2 aromatic rings. The van der Waals surface area contributed by atoms with Gasteiger partial charge in [-0.1, -0.05) is 18.2 Å². The Bertz CT molecular complexity index is 596. The molecule has 0 spiro atoms. The molecule has 0 aliphatic heterocycles. The minimum absolute atomic E-state index is 0.286. The van der Waals surface area contributed by atoms with Gasteiger partial charge >= 0.3 is 0 Å². The van der Waals surface area contributed by atoms with E-state index in [0.717, 1.165) is 11.3 Å². The summed E-state index contributed by atoms with van der Waals surface area (Å²) < 4.78 is 11.2. The number of nitrogens with zero attached hydrogens (tertiary/aromatic N) is 2. The highest BCUT2D eigenvalue weighted by Gasteiger charge is 2.09. The first-order valence-corrected chi connectivity index (χ1v) is 6.21. The van der Waals surface area contributed by atoms with E-state index in [2.05, 4.69) is 11.1 Å². The summed E-state index contributed by atoms with van der Waals surface area (Å²) in [6, 6.07) is 9.95. The lowest BCUT2D eigenvalue weighted by Crippen LogP contribution is -2.02. The lowest BCUT2D eigenvalue weighted by molar-refractivity contribution is 0.303. The average Bonchev–Trinajstić information content (AvgIpc) is 2.73. The number of hydrogen-bond donors (Lipinski definition) is 0. The summed E-state index contributed by atoms with van der Waals surface area (Å²) in [5.41, 5.74) is 1.82. The molecule has 4 heteroatoms. The Morgan fingerprint density at radius 3 is 2.84 bits per heavy atom. The third kappa shape index (κ3) is 3.35. The van der Waals surface area contributed by atoms with Crippen molar-refractivity contribution in [3.63, 3.8) is 0 Å². The van der Waals surface area contributed by atoms with E-state index >= 15 is 0 Å². The van der Waals surface area contributed by atoms with Crippen LogP contribution < -0.4 is 4.74 Å². The number of benzene rings is 1. The van der Waals surface area contributed by atoms with Crippen molar-refractivity contribution in [2.45, 2.75) is 26.7 Å². The highest BCUT2D eigenvalue weighted by atomic mass is 16.5. The molecule has 0 aliphatic carbocycles. The van der Waals surface area contributed by atoms with Crippen LogP contribution in [0, 0.1) is 25.2 Å². The van der Waals surface area contributed by atoms with Crippen molar-refractivity contribution in [3.05, 3.63) is 47.2 Å². The van der Waals surface area contributed by atoms with E-state index in [1.807, 2.05) is 38.1 Å². The Kier molecular flexibility index (Phi) is 4.19. The molecule has 1 aromatic heterocycles. The summed E-state index contributed by atoms with van der Waals surface area (Å²) in [6.07, 6.45) is 0.884. The Morgan fingerprint density at radius 2 is 2.11 bits per heavy atom. The van der Waals surface area contributed by atoms with Crippen LogP contribution in [0.4, 0.5) is 0 Å². The second-order valence-corrected chi connectivity index (χ2v) is 4.31. The third-order valence-electron chi connectivity index (χ3n) is 2.85. The summed E-state index contributed by atoms with van der Waals surface area (Å²) >= 11 is 0. The molecule has 98 valence electrons. The Morgan fingerprint density at radius 1 is 1.32 bits per heavy atom. The summed E-state index contributed by atoms with van der Waals surface area (Å²) in [6.45, 7) is 4.35. The normalized spacial score (nSPS) is 10.2. The number of aryl methyl sites for hydroxylation is 2. The number of para-hydroxylation sites is 1. The number of rotatable bonds is 5. The minimum atomic E-state index is 0.286. The first-order chi connectivity index (χ1) is 9.20. The molecule has 4 nitrogen and oxygen atoms in total. The van der Waals surface area contributed by atoms with Gasteiger partial charge in [-0.2, -0.15) is 5.26 Å². The van der Waals surface area contributed by atoms with Crippen molar-refractivity contribution in [2.24, 2.45) is 0 Å². The maximum absolute atomic E-state index is 8.65. The van der Waals surface area contributed by atoms with E-state index in [-0.39, 0.29) is 6.42 Å². The van der Waals surface area contributed by atoms with Gasteiger partial charge in [-0.25, -0.2) is 4.98 Å². The number of oxazole rings is 1. The largest absolute Gasteiger partial charge is 0.493 e. The fourth-order valence-electron chi connectivity index (χ4n) is 1.80. The molecular formula is C15H16N2O2. The van der Waals surface area contributed by atoms with Crippen LogP contribution in [-0.2, 0) is 12.8 Å². The van der Waals surface area contributed by atoms with Crippen LogP contribution in [-0.4, -0.2) is 11.6 Å².